The predicted octanol–water partition coefficient (Wildman–Crippen LogP) is 4.85. The van der Waals surface area contributed by atoms with Crippen LogP contribution in [0.3, 0.4) is 0 Å². The lowest BCUT2D eigenvalue weighted by Crippen LogP contribution is -2.39. The molecule has 1 amide bonds. The van der Waals surface area contributed by atoms with E-state index in [0.717, 1.165) is 12.1 Å². The van der Waals surface area contributed by atoms with Crippen molar-refractivity contribution in [3.63, 3.8) is 0 Å². The summed E-state index contributed by atoms with van der Waals surface area (Å²) < 4.78 is 71.4. The molecule has 176 valence electrons. The standard InChI is InChI=1S/C23H18F5N5O/c1-11-18-13(20(31(2)30-18)12-9-14(24)17(26)15(25)10-12)6-8-32(11)23(34)21-19(22(27)28)29-16-5-3-4-7-33(16)21/h3-5,7,9-11,22H,6,8H2,1-2H3/t11-/m0/s1. The Morgan fingerprint density at radius 3 is 2.53 bits per heavy atom. The van der Waals surface area contributed by atoms with Gasteiger partial charge in [0.1, 0.15) is 17.0 Å². The van der Waals surface area contributed by atoms with Crippen LogP contribution in [0.1, 0.15) is 46.8 Å². The van der Waals surface area contributed by atoms with Crippen molar-refractivity contribution in [2.24, 2.45) is 7.05 Å². The first-order chi connectivity index (χ1) is 16.2. The Labute approximate surface area is 190 Å². The minimum atomic E-state index is -2.95. The predicted molar refractivity (Wildman–Crippen MR) is 112 cm³/mol. The fourth-order valence-electron chi connectivity index (χ4n) is 4.59. The molecule has 4 aromatic rings. The van der Waals surface area contributed by atoms with Crippen LogP contribution in [0.5, 0.6) is 0 Å². The highest BCUT2D eigenvalue weighted by Gasteiger charge is 2.37. The molecule has 0 aliphatic carbocycles. The maximum Gasteiger partial charge on any atom is 0.282 e. The molecule has 0 saturated heterocycles. The second kappa shape index (κ2) is 7.93. The van der Waals surface area contributed by atoms with E-state index in [1.54, 1.807) is 26.1 Å². The van der Waals surface area contributed by atoms with E-state index in [1.165, 1.54) is 26.2 Å². The zero-order valence-corrected chi connectivity index (χ0v) is 18.1. The fourth-order valence-corrected chi connectivity index (χ4v) is 4.59. The van der Waals surface area contributed by atoms with Gasteiger partial charge in [0, 0.05) is 30.9 Å². The second-order valence-corrected chi connectivity index (χ2v) is 8.09. The van der Waals surface area contributed by atoms with Gasteiger partial charge in [0.2, 0.25) is 0 Å². The molecule has 0 unspecified atom stereocenters. The average molecular weight is 475 g/mol. The molecule has 0 spiro atoms. The van der Waals surface area contributed by atoms with Crippen LogP contribution < -0.4 is 0 Å². The third kappa shape index (κ3) is 3.25. The first-order valence-electron chi connectivity index (χ1n) is 10.5. The van der Waals surface area contributed by atoms with Crippen LogP contribution >= 0.6 is 0 Å². The van der Waals surface area contributed by atoms with Crippen molar-refractivity contribution in [3.8, 4) is 11.3 Å². The first-order valence-corrected chi connectivity index (χ1v) is 10.5. The van der Waals surface area contributed by atoms with E-state index < -0.39 is 41.5 Å². The average Bonchev–Trinajstić information content (AvgIpc) is 3.35. The molecule has 0 radical (unpaired) electrons. The summed E-state index contributed by atoms with van der Waals surface area (Å²) in [6, 6.07) is 5.96. The van der Waals surface area contributed by atoms with Crippen molar-refractivity contribution in [3.05, 3.63) is 76.6 Å². The first kappa shape index (κ1) is 22.1. The minimum Gasteiger partial charge on any atom is -0.329 e. The van der Waals surface area contributed by atoms with Crippen LogP contribution in [-0.4, -0.2) is 36.5 Å². The van der Waals surface area contributed by atoms with Gasteiger partial charge in [0.25, 0.3) is 12.3 Å². The van der Waals surface area contributed by atoms with E-state index in [4.69, 9.17) is 0 Å². The molecule has 1 aliphatic rings. The third-order valence-electron chi connectivity index (χ3n) is 6.13. The van der Waals surface area contributed by atoms with Crippen molar-refractivity contribution in [2.75, 3.05) is 6.54 Å². The molecule has 1 atom stereocenters. The van der Waals surface area contributed by atoms with E-state index >= 15 is 0 Å². The van der Waals surface area contributed by atoms with E-state index in [2.05, 4.69) is 10.1 Å². The molecule has 5 rings (SSSR count). The van der Waals surface area contributed by atoms with Gasteiger partial charge in [-0.05, 0) is 37.6 Å². The molecular weight excluding hydrogens is 457 g/mol. The zero-order valence-electron chi connectivity index (χ0n) is 18.1. The Morgan fingerprint density at radius 2 is 1.85 bits per heavy atom. The summed E-state index contributed by atoms with van der Waals surface area (Å²) in [5.41, 5.74) is 1.03. The van der Waals surface area contributed by atoms with Crippen molar-refractivity contribution in [2.45, 2.75) is 25.8 Å². The Morgan fingerprint density at radius 1 is 1.15 bits per heavy atom. The van der Waals surface area contributed by atoms with Gasteiger partial charge in [-0.3, -0.25) is 13.9 Å². The molecule has 6 nitrogen and oxygen atoms in total. The van der Waals surface area contributed by atoms with Gasteiger partial charge in [-0.25, -0.2) is 26.9 Å². The summed E-state index contributed by atoms with van der Waals surface area (Å²) in [6.45, 7) is 1.85. The number of amides is 1. The number of alkyl halides is 2. The maximum atomic E-state index is 13.9. The Kier molecular flexibility index (Phi) is 5.14. The molecule has 34 heavy (non-hydrogen) atoms. The zero-order chi connectivity index (χ0) is 24.3. The number of imidazole rings is 1. The molecule has 0 bridgehead atoms. The number of halogens is 5. The highest BCUT2D eigenvalue weighted by atomic mass is 19.3. The Hall–Kier alpha value is -3.76. The van der Waals surface area contributed by atoms with Crippen LogP contribution in [0.2, 0.25) is 0 Å². The second-order valence-electron chi connectivity index (χ2n) is 8.09. The van der Waals surface area contributed by atoms with Crippen LogP contribution in [0, 0.1) is 17.5 Å². The van der Waals surface area contributed by atoms with Gasteiger partial charge in [-0.1, -0.05) is 6.07 Å². The van der Waals surface area contributed by atoms with Gasteiger partial charge in [0.05, 0.1) is 17.4 Å². The van der Waals surface area contributed by atoms with Crippen molar-refractivity contribution in [1.82, 2.24) is 24.1 Å². The molecule has 4 heterocycles. The highest BCUT2D eigenvalue weighted by Crippen LogP contribution is 2.37. The quantitative estimate of drug-likeness (QED) is 0.315. The number of aromatic nitrogens is 4. The number of fused-ring (bicyclic) bond motifs is 2. The number of nitrogens with zero attached hydrogens (tertiary/aromatic N) is 5. The number of rotatable bonds is 3. The molecule has 0 saturated carbocycles. The monoisotopic (exact) mass is 475 g/mol. The van der Waals surface area contributed by atoms with E-state index in [-0.39, 0.29) is 29.9 Å². The number of benzene rings is 1. The van der Waals surface area contributed by atoms with Crippen LogP contribution in [-0.2, 0) is 13.5 Å². The number of aryl methyl sites for hydroxylation is 1. The lowest BCUT2D eigenvalue weighted by Gasteiger charge is -2.33. The number of pyridine rings is 1. The summed E-state index contributed by atoms with van der Waals surface area (Å²) in [5, 5.41) is 4.44. The van der Waals surface area contributed by atoms with Crippen LogP contribution in [0.4, 0.5) is 22.0 Å². The van der Waals surface area contributed by atoms with Gasteiger partial charge in [0.15, 0.2) is 17.5 Å². The number of hydrogen-bond donors (Lipinski definition) is 0. The minimum absolute atomic E-state index is 0.112. The fraction of sp³-hybridized carbons (Fsp3) is 0.261. The molecule has 1 aromatic carbocycles. The SMILES string of the molecule is C[C@H]1c2nn(C)c(-c3cc(F)c(F)c(F)c3)c2CCN1C(=O)c1c(C(F)F)nc2ccccn12. The molecule has 0 fully saturated rings. The molecular formula is C23H18F5N5O. The summed E-state index contributed by atoms with van der Waals surface area (Å²) in [4.78, 5) is 18.8. The number of carbonyl (C=O) groups is 1. The van der Waals surface area contributed by atoms with Gasteiger partial charge in [-0.2, -0.15) is 5.10 Å². The summed E-state index contributed by atoms with van der Waals surface area (Å²) in [7, 11) is 1.57. The van der Waals surface area contributed by atoms with Crippen molar-refractivity contribution in [1.29, 1.82) is 0 Å². The lowest BCUT2D eigenvalue weighted by atomic mass is 9.95. The van der Waals surface area contributed by atoms with Crippen molar-refractivity contribution < 1.29 is 26.7 Å². The normalized spacial score (nSPS) is 15.9. The van der Waals surface area contributed by atoms with E-state index in [0.29, 0.717) is 17.0 Å². The van der Waals surface area contributed by atoms with Gasteiger partial charge in [-0.15, -0.1) is 0 Å². The van der Waals surface area contributed by atoms with Crippen LogP contribution in [0.15, 0.2) is 36.5 Å². The summed E-state index contributed by atoms with van der Waals surface area (Å²) >= 11 is 0. The number of hydrogen-bond acceptors (Lipinski definition) is 3. The largest absolute Gasteiger partial charge is 0.329 e. The van der Waals surface area contributed by atoms with Gasteiger partial charge >= 0.3 is 0 Å². The molecule has 11 heteroatoms. The lowest BCUT2D eigenvalue weighted by molar-refractivity contribution is 0.0653. The van der Waals surface area contributed by atoms with Crippen molar-refractivity contribution >= 4 is 11.6 Å². The molecule has 3 aromatic heterocycles. The third-order valence-corrected chi connectivity index (χ3v) is 6.13. The highest BCUT2D eigenvalue weighted by molar-refractivity contribution is 5.95. The van der Waals surface area contributed by atoms with Crippen LogP contribution in [0.25, 0.3) is 16.9 Å². The maximum absolute atomic E-state index is 13.9. The van der Waals surface area contributed by atoms with Gasteiger partial charge < -0.3 is 4.90 Å². The molecule has 0 N–H and O–H groups in total. The number of carbonyl (C=O) groups excluding carboxylic acids is 1. The Bertz CT molecular complexity index is 1420. The summed E-state index contributed by atoms with van der Waals surface area (Å²) in [6.07, 6.45) is -1.19. The topological polar surface area (TPSA) is 55.4 Å². The Balaban J connectivity index is 1.56. The smallest absolute Gasteiger partial charge is 0.282 e. The van der Waals surface area contributed by atoms with E-state index in [1.807, 2.05) is 0 Å². The van der Waals surface area contributed by atoms with E-state index in [9.17, 15) is 26.7 Å². The molecule has 1 aliphatic heterocycles. The summed E-state index contributed by atoms with van der Waals surface area (Å²) in [5.74, 6) is -4.83.